The van der Waals surface area contributed by atoms with Gasteiger partial charge in [0.25, 0.3) is 0 Å². The maximum atomic E-state index is 10.2. The fourth-order valence-electron chi connectivity index (χ4n) is 2.73. The number of nitriles is 1. The quantitative estimate of drug-likeness (QED) is 0.790. The molecular weight excluding hydrogens is 290 g/mol. The fraction of sp³-hybridized carbons (Fsp3) is 0.333. The number of rotatable bonds is 5. The van der Waals surface area contributed by atoms with E-state index in [4.69, 9.17) is 5.26 Å². The molecule has 1 aliphatic carbocycles. The standard InChI is InChI=1S/C18H19N3O2/c1-11-18(23)16(10-22)15(17(21-11)13-4-5-13)9-20-14-6-2-12(8-19)3-7-14/h2-3,6-7,13,20,22-23H,4-5,9-10H2,1H3. The molecule has 0 atom stereocenters. The van der Waals surface area contributed by atoms with Gasteiger partial charge in [0.2, 0.25) is 0 Å². The van der Waals surface area contributed by atoms with E-state index in [0.29, 0.717) is 29.3 Å². The summed E-state index contributed by atoms with van der Waals surface area (Å²) in [4.78, 5) is 4.54. The fourth-order valence-corrected chi connectivity index (χ4v) is 2.73. The highest BCUT2D eigenvalue weighted by atomic mass is 16.3. The number of nitrogens with zero attached hydrogens (tertiary/aromatic N) is 2. The Morgan fingerprint density at radius 3 is 2.52 bits per heavy atom. The second kappa shape index (κ2) is 6.27. The van der Waals surface area contributed by atoms with Gasteiger partial charge in [-0.05, 0) is 44.0 Å². The summed E-state index contributed by atoms with van der Waals surface area (Å²) in [6, 6.07) is 9.28. The SMILES string of the molecule is Cc1nc(C2CC2)c(CNc2ccc(C#N)cc2)c(CO)c1O. The van der Waals surface area contributed by atoms with Gasteiger partial charge in [0.1, 0.15) is 5.75 Å². The number of nitrogens with one attached hydrogen (secondary N) is 1. The van der Waals surface area contributed by atoms with Gasteiger partial charge in [-0.3, -0.25) is 4.98 Å². The zero-order valence-corrected chi connectivity index (χ0v) is 13.0. The number of hydrogen-bond donors (Lipinski definition) is 3. The van der Waals surface area contributed by atoms with Crippen molar-refractivity contribution in [3.8, 4) is 11.8 Å². The largest absolute Gasteiger partial charge is 0.506 e. The summed E-state index contributed by atoms with van der Waals surface area (Å²) in [6.07, 6.45) is 2.21. The number of aliphatic hydroxyl groups excluding tert-OH is 1. The van der Waals surface area contributed by atoms with Crippen molar-refractivity contribution in [2.24, 2.45) is 0 Å². The van der Waals surface area contributed by atoms with Crippen LogP contribution in [-0.4, -0.2) is 15.2 Å². The highest BCUT2D eigenvalue weighted by Crippen LogP contribution is 2.43. The van der Waals surface area contributed by atoms with Gasteiger partial charge >= 0.3 is 0 Å². The minimum Gasteiger partial charge on any atom is -0.506 e. The van der Waals surface area contributed by atoms with E-state index in [1.165, 1.54) is 0 Å². The van der Waals surface area contributed by atoms with Gasteiger partial charge in [0, 0.05) is 35.0 Å². The van der Waals surface area contributed by atoms with Crippen molar-refractivity contribution in [3.05, 3.63) is 52.3 Å². The number of hydrogen-bond acceptors (Lipinski definition) is 5. The van der Waals surface area contributed by atoms with Crippen LogP contribution in [0, 0.1) is 18.3 Å². The number of aromatic nitrogens is 1. The molecule has 3 N–H and O–H groups in total. The predicted molar refractivity (Wildman–Crippen MR) is 87.0 cm³/mol. The molecule has 1 aromatic carbocycles. The molecule has 1 aliphatic rings. The molecular formula is C18H19N3O2. The predicted octanol–water partition coefficient (Wildman–Crippen LogP) is 2.95. The van der Waals surface area contributed by atoms with E-state index in [0.717, 1.165) is 29.8 Å². The van der Waals surface area contributed by atoms with Crippen LogP contribution in [0.1, 0.15) is 46.8 Å². The third kappa shape index (κ3) is 3.13. The molecule has 0 saturated heterocycles. The highest BCUT2D eigenvalue weighted by Gasteiger charge is 2.30. The second-order valence-electron chi connectivity index (χ2n) is 5.86. The van der Waals surface area contributed by atoms with Gasteiger partial charge < -0.3 is 15.5 Å². The van der Waals surface area contributed by atoms with Crippen LogP contribution in [0.15, 0.2) is 24.3 Å². The van der Waals surface area contributed by atoms with Crippen molar-refractivity contribution < 1.29 is 10.2 Å². The van der Waals surface area contributed by atoms with Gasteiger partial charge in [0.05, 0.1) is 23.9 Å². The Morgan fingerprint density at radius 2 is 1.96 bits per heavy atom. The van der Waals surface area contributed by atoms with Crippen LogP contribution >= 0.6 is 0 Å². The molecule has 0 radical (unpaired) electrons. The first kappa shape index (κ1) is 15.3. The molecule has 23 heavy (non-hydrogen) atoms. The third-order valence-corrected chi connectivity index (χ3v) is 4.20. The maximum absolute atomic E-state index is 10.2. The molecule has 5 nitrogen and oxygen atoms in total. The van der Waals surface area contributed by atoms with Crippen molar-refractivity contribution in [3.63, 3.8) is 0 Å². The molecule has 1 heterocycles. The number of pyridine rings is 1. The summed E-state index contributed by atoms with van der Waals surface area (Å²) < 4.78 is 0. The lowest BCUT2D eigenvalue weighted by Crippen LogP contribution is -2.10. The monoisotopic (exact) mass is 309 g/mol. The van der Waals surface area contributed by atoms with Crippen LogP contribution < -0.4 is 5.32 Å². The number of aromatic hydroxyl groups is 1. The second-order valence-corrected chi connectivity index (χ2v) is 5.86. The number of benzene rings is 1. The van der Waals surface area contributed by atoms with E-state index in [1.54, 1.807) is 19.1 Å². The van der Waals surface area contributed by atoms with Crippen LogP contribution in [0.3, 0.4) is 0 Å². The first-order valence-corrected chi connectivity index (χ1v) is 7.70. The van der Waals surface area contributed by atoms with Crippen molar-refractivity contribution in [1.82, 2.24) is 4.98 Å². The van der Waals surface area contributed by atoms with Crippen LogP contribution in [0.25, 0.3) is 0 Å². The van der Waals surface area contributed by atoms with Crippen molar-refractivity contribution >= 4 is 5.69 Å². The van der Waals surface area contributed by atoms with E-state index >= 15 is 0 Å². The Hall–Kier alpha value is -2.58. The van der Waals surface area contributed by atoms with Gasteiger partial charge in [-0.2, -0.15) is 5.26 Å². The van der Waals surface area contributed by atoms with Crippen LogP contribution in [0.4, 0.5) is 5.69 Å². The molecule has 3 rings (SSSR count). The van der Waals surface area contributed by atoms with E-state index in [9.17, 15) is 10.2 Å². The third-order valence-electron chi connectivity index (χ3n) is 4.20. The smallest absolute Gasteiger partial charge is 0.142 e. The molecule has 2 aromatic rings. The van der Waals surface area contributed by atoms with Gasteiger partial charge in [-0.25, -0.2) is 0 Å². The van der Waals surface area contributed by atoms with Crippen molar-refractivity contribution in [2.45, 2.75) is 38.8 Å². The molecule has 1 saturated carbocycles. The molecule has 0 aliphatic heterocycles. The van der Waals surface area contributed by atoms with Crippen LogP contribution in [0.5, 0.6) is 5.75 Å². The summed E-state index contributed by atoms with van der Waals surface area (Å²) in [5, 5.41) is 32.0. The Bertz CT molecular complexity index is 759. The molecule has 1 fully saturated rings. The molecule has 118 valence electrons. The summed E-state index contributed by atoms with van der Waals surface area (Å²) in [5.41, 5.74) is 4.47. The average molecular weight is 309 g/mol. The molecule has 0 amide bonds. The minimum absolute atomic E-state index is 0.0773. The Balaban J connectivity index is 1.88. The number of aryl methyl sites for hydroxylation is 1. The van der Waals surface area contributed by atoms with E-state index in [-0.39, 0.29) is 12.4 Å². The lowest BCUT2D eigenvalue weighted by atomic mass is 10.0. The van der Waals surface area contributed by atoms with E-state index < -0.39 is 0 Å². The number of aliphatic hydroxyl groups is 1. The Morgan fingerprint density at radius 1 is 1.26 bits per heavy atom. The van der Waals surface area contributed by atoms with Crippen molar-refractivity contribution in [2.75, 3.05) is 5.32 Å². The molecule has 0 spiro atoms. The maximum Gasteiger partial charge on any atom is 0.142 e. The minimum atomic E-state index is -0.209. The van der Waals surface area contributed by atoms with E-state index in [1.807, 2.05) is 12.1 Å². The summed E-state index contributed by atoms with van der Waals surface area (Å²) in [5.74, 6) is 0.505. The topological polar surface area (TPSA) is 89.2 Å². The zero-order chi connectivity index (χ0) is 16.4. The molecule has 0 bridgehead atoms. The average Bonchev–Trinajstić information content (AvgIpc) is 3.41. The molecule has 1 aromatic heterocycles. The Kier molecular flexibility index (Phi) is 4.18. The summed E-state index contributed by atoms with van der Waals surface area (Å²) in [7, 11) is 0. The first-order valence-electron chi connectivity index (χ1n) is 7.70. The summed E-state index contributed by atoms with van der Waals surface area (Å²) >= 11 is 0. The first-order chi connectivity index (χ1) is 11.1. The number of anilines is 1. The zero-order valence-electron chi connectivity index (χ0n) is 13.0. The lowest BCUT2D eigenvalue weighted by Gasteiger charge is -2.17. The van der Waals surface area contributed by atoms with Crippen LogP contribution in [0.2, 0.25) is 0 Å². The van der Waals surface area contributed by atoms with Gasteiger partial charge in [-0.15, -0.1) is 0 Å². The molecule has 5 heteroatoms. The summed E-state index contributed by atoms with van der Waals surface area (Å²) in [6.45, 7) is 2.03. The van der Waals surface area contributed by atoms with Crippen LogP contribution in [-0.2, 0) is 13.2 Å². The van der Waals surface area contributed by atoms with Crippen molar-refractivity contribution in [1.29, 1.82) is 5.26 Å². The van der Waals surface area contributed by atoms with E-state index in [2.05, 4.69) is 16.4 Å². The highest BCUT2D eigenvalue weighted by molar-refractivity contribution is 5.51. The molecule has 0 unspecified atom stereocenters. The normalized spacial score (nSPS) is 13.6. The lowest BCUT2D eigenvalue weighted by molar-refractivity contribution is 0.273. The van der Waals surface area contributed by atoms with Gasteiger partial charge in [0.15, 0.2) is 0 Å². The Labute approximate surface area is 135 Å². The van der Waals surface area contributed by atoms with Gasteiger partial charge in [-0.1, -0.05) is 0 Å².